The van der Waals surface area contributed by atoms with E-state index < -0.39 is 0 Å². The summed E-state index contributed by atoms with van der Waals surface area (Å²) in [6.07, 6.45) is 0.341. The highest BCUT2D eigenvalue weighted by Crippen LogP contribution is 2.10. The number of hydrogen-bond acceptors (Lipinski definition) is 5. The summed E-state index contributed by atoms with van der Waals surface area (Å²) < 4.78 is 4.98. The number of rotatable bonds is 7. The molecule has 0 aliphatic carbocycles. The lowest BCUT2D eigenvalue weighted by atomic mass is 10.3. The predicted molar refractivity (Wildman–Crippen MR) is 68.1 cm³/mol. The Bertz CT molecular complexity index is 352. The molecule has 1 heterocycles. The number of amides is 1. The summed E-state index contributed by atoms with van der Waals surface area (Å²) in [5.74, 6) is 0.0149. The van der Waals surface area contributed by atoms with Gasteiger partial charge < -0.3 is 15.0 Å². The number of nitrogens with zero attached hydrogens (tertiary/aromatic N) is 2. The van der Waals surface area contributed by atoms with Crippen molar-refractivity contribution in [1.29, 1.82) is 0 Å². The number of hydrogen-bond donors (Lipinski definition) is 1. The van der Waals surface area contributed by atoms with Gasteiger partial charge in [-0.2, -0.15) is 0 Å². The van der Waals surface area contributed by atoms with Crippen LogP contribution in [0, 0.1) is 0 Å². The second kappa shape index (κ2) is 7.37. The average Bonchev–Trinajstić information content (AvgIpc) is 2.65. The normalized spacial score (nSPS) is 10.8. The van der Waals surface area contributed by atoms with Gasteiger partial charge in [-0.05, 0) is 14.1 Å². The highest BCUT2D eigenvalue weighted by molar-refractivity contribution is 7.09. The summed E-state index contributed by atoms with van der Waals surface area (Å²) in [4.78, 5) is 17.9. The minimum absolute atomic E-state index is 0.0149. The van der Waals surface area contributed by atoms with Gasteiger partial charge in [0.1, 0.15) is 5.01 Å². The zero-order chi connectivity index (χ0) is 12.7. The highest BCUT2D eigenvalue weighted by Gasteiger charge is 2.07. The SMILES string of the molecule is COCc1nc(CC(=O)NCCN(C)C)cs1. The van der Waals surface area contributed by atoms with Crippen molar-refractivity contribution in [3.8, 4) is 0 Å². The molecule has 0 radical (unpaired) electrons. The van der Waals surface area contributed by atoms with E-state index in [0.717, 1.165) is 17.2 Å². The van der Waals surface area contributed by atoms with Crippen LogP contribution in [0.25, 0.3) is 0 Å². The maximum atomic E-state index is 11.6. The van der Waals surface area contributed by atoms with E-state index in [1.807, 2.05) is 24.4 Å². The maximum absolute atomic E-state index is 11.6. The Labute approximate surface area is 106 Å². The van der Waals surface area contributed by atoms with Crippen LogP contribution < -0.4 is 5.32 Å². The Kier molecular flexibility index (Phi) is 6.10. The molecule has 0 saturated carbocycles. The van der Waals surface area contributed by atoms with Crippen molar-refractivity contribution in [2.45, 2.75) is 13.0 Å². The van der Waals surface area contributed by atoms with Crippen LogP contribution >= 0.6 is 11.3 Å². The third kappa shape index (κ3) is 5.76. The molecule has 0 atom stereocenters. The molecule has 1 rings (SSSR count). The van der Waals surface area contributed by atoms with Gasteiger partial charge in [0.05, 0.1) is 18.7 Å². The Morgan fingerprint density at radius 3 is 3.00 bits per heavy atom. The summed E-state index contributed by atoms with van der Waals surface area (Å²) in [5, 5.41) is 5.67. The molecule has 0 aliphatic heterocycles. The maximum Gasteiger partial charge on any atom is 0.226 e. The molecule has 0 bridgehead atoms. The van der Waals surface area contributed by atoms with Gasteiger partial charge in [-0.1, -0.05) is 0 Å². The standard InChI is InChI=1S/C11H19N3O2S/c1-14(2)5-4-12-10(15)6-9-8-17-11(13-9)7-16-3/h8H,4-7H2,1-3H3,(H,12,15). The van der Waals surface area contributed by atoms with Gasteiger partial charge in [-0.25, -0.2) is 4.98 Å². The lowest BCUT2D eigenvalue weighted by molar-refractivity contribution is -0.120. The van der Waals surface area contributed by atoms with Gasteiger partial charge in [-0.15, -0.1) is 11.3 Å². The van der Waals surface area contributed by atoms with Gasteiger partial charge in [-0.3, -0.25) is 4.79 Å². The molecule has 96 valence electrons. The number of ether oxygens (including phenoxy) is 1. The lowest BCUT2D eigenvalue weighted by Gasteiger charge is -2.09. The first-order valence-electron chi connectivity index (χ1n) is 5.45. The molecular formula is C11H19N3O2S. The lowest BCUT2D eigenvalue weighted by Crippen LogP contribution is -2.32. The highest BCUT2D eigenvalue weighted by atomic mass is 32.1. The van der Waals surface area contributed by atoms with Crippen molar-refractivity contribution in [1.82, 2.24) is 15.2 Å². The van der Waals surface area contributed by atoms with Crippen molar-refractivity contribution in [3.05, 3.63) is 16.1 Å². The van der Waals surface area contributed by atoms with E-state index in [-0.39, 0.29) is 5.91 Å². The van der Waals surface area contributed by atoms with Crippen LogP contribution in [0.1, 0.15) is 10.7 Å². The molecule has 0 aliphatic rings. The number of methoxy groups -OCH3 is 1. The first kappa shape index (κ1) is 14.1. The Morgan fingerprint density at radius 2 is 2.35 bits per heavy atom. The Morgan fingerprint density at radius 1 is 1.59 bits per heavy atom. The minimum Gasteiger partial charge on any atom is -0.378 e. The monoisotopic (exact) mass is 257 g/mol. The molecule has 0 aromatic carbocycles. The summed E-state index contributed by atoms with van der Waals surface area (Å²) in [7, 11) is 5.59. The van der Waals surface area contributed by atoms with Gasteiger partial charge >= 0.3 is 0 Å². The van der Waals surface area contributed by atoms with E-state index in [4.69, 9.17) is 4.74 Å². The molecule has 0 fully saturated rings. The third-order valence-electron chi connectivity index (χ3n) is 2.09. The fourth-order valence-electron chi connectivity index (χ4n) is 1.27. The zero-order valence-corrected chi connectivity index (χ0v) is 11.3. The third-order valence-corrected chi connectivity index (χ3v) is 2.96. The molecule has 1 N–H and O–H groups in total. The molecule has 1 amide bonds. The molecule has 0 unspecified atom stereocenters. The van der Waals surface area contributed by atoms with Gasteiger partial charge in [0.15, 0.2) is 0 Å². The van der Waals surface area contributed by atoms with Crippen molar-refractivity contribution < 1.29 is 9.53 Å². The van der Waals surface area contributed by atoms with E-state index in [1.54, 1.807) is 7.11 Å². The zero-order valence-electron chi connectivity index (χ0n) is 10.5. The van der Waals surface area contributed by atoms with Crippen LogP contribution in [0.2, 0.25) is 0 Å². The molecule has 6 heteroatoms. The van der Waals surface area contributed by atoms with Crippen LogP contribution in [0.15, 0.2) is 5.38 Å². The van der Waals surface area contributed by atoms with Crippen LogP contribution in [-0.4, -0.2) is 50.1 Å². The topological polar surface area (TPSA) is 54.5 Å². The van der Waals surface area contributed by atoms with Crippen molar-refractivity contribution in [2.24, 2.45) is 0 Å². The number of carbonyl (C=O) groups is 1. The molecule has 17 heavy (non-hydrogen) atoms. The van der Waals surface area contributed by atoms with Crippen molar-refractivity contribution in [2.75, 3.05) is 34.3 Å². The molecule has 1 aromatic rings. The number of nitrogens with one attached hydrogen (secondary N) is 1. The number of carbonyl (C=O) groups excluding carboxylic acids is 1. The predicted octanol–water partition coefficient (Wildman–Crippen LogP) is 0.510. The quantitative estimate of drug-likeness (QED) is 0.773. The van der Waals surface area contributed by atoms with E-state index in [9.17, 15) is 4.79 Å². The van der Waals surface area contributed by atoms with E-state index >= 15 is 0 Å². The summed E-state index contributed by atoms with van der Waals surface area (Å²) in [6.45, 7) is 2.02. The van der Waals surface area contributed by atoms with Crippen LogP contribution in [0.4, 0.5) is 0 Å². The number of aromatic nitrogens is 1. The molecule has 0 saturated heterocycles. The Hall–Kier alpha value is -0.980. The summed E-state index contributed by atoms with van der Waals surface area (Å²) in [6, 6.07) is 0. The first-order chi connectivity index (χ1) is 8.11. The van der Waals surface area contributed by atoms with E-state index in [1.165, 1.54) is 11.3 Å². The molecule has 0 spiro atoms. The van der Waals surface area contributed by atoms with Gasteiger partial charge in [0.25, 0.3) is 0 Å². The molecule has 5 nitrogen and oxygen atoms in total. The van der Waals surface area contributed by atoms with E-state index in [0.29, 0.717) is 19.6 Å². The minimum atomic E-state index is 0.0149. The fraction of sp³-hybridized carbons (Fsp3) is 0.636. The smallest absolute Gasteiger partial charge is 0.226 e. The largest absolute Gasteiger partial charge is 0.378 e. The number of likely N-dealkylation sites (N-methyl/N-ethyl adjacent to an activating group) is 1. The second-order valence-electron chi connectivity index (χ2n) is 4.00. The van der Waals surface area contributed by atoms with Gasteiger partial charge in [0.2, 0.25) is 5.91 Å². The van der Waals surface area contributed by atoms with Crippen molar-refractivity contribution >= 4 is 17.2 Å². The Balaban J connectivity index is 2.29. The van der Waals surface area contributed by atoms with Crippen LogP contribution in [0.5, 0.6) is 0 Å². The summed E-state index contributed by atoms with van der Waals surface area (Å²) in [5.41, 5.74) is 0.810. The number of thiazole rings is 1. The van der Waals surface area contributed by atoms with E-state index in [2.05, 4.69) is 10.3 Å². The van der Waals surface area contributed by atoms with Crippen molar-refractivity contribution in [3.63, 3.8) is 0 Å². The van der Waals surface area contributed by atoms with Crippen LogP contribution in [0.3, 0.4) is 0 Å². The second-order valence-corrected chi connectivity index (χ2v) is 4.94. The van der Waals surface area contributed by atoms with Crippen LogP contribution in [-0.2, 0) is 22.6 Å². The average molecular weight is 257 g/mol. The summed E-state index contributed by atoms with van der Waals surface area (Å²) >= 11 is 1.52. The van der Waals surface area contributed by atoms with Gasteiger partial charge in [0, 0.05) is 25.6 Å². The molecular weight excluding hydrogens is 238 g/mol. The first-order valence-corrected chi connectivity index (χ1v) is 6.33. The fourth-order valence-corrected chi connectivity index (χ4v) is 2.03. The molecule has 1 aromatic heterocycles.